The van der Waals surface area contributed by atoms with Gasteiger partial charge in [-0.1, -0.05) is 6.08 Å². The highest BCUT2D eigenvalue weighted by Crippen LogP contribution is 2.40. The Morgan fingerprint density at radius 3 is 2.71 bits per heavy atom. The minimum absolute atomic E-state index is 0.250. The van der Waals surface area contributed by atoms with Crippen LogP contribution in [-0.4, -0.2) is 36.3 Å². The second kappa shape index (κ2) is 6.04. The molecule has 0 bridgehead atoms. The number of carbonyl (C=O) groups excluding carboxylic acids is 1. The number of benzene rings is 1. The summed E-state index contributed by atoms with van der Waals surface area (Å²) in [6, 6.07) is 1.99. The zero-order chi connectivity index (χ0) is 17.5. The van der Waals surface area contributed by atoms with Gasteiger partial charge in [0.1, 0.15) is 11.4 Å². The van der Waals surface area contributed by atoms with E-state index in [9.17, 15) is 4.79 Å². The van der Waals surface area contributed by atoms with E-state index < -0.39 is 5.60 Å². The van der Waals surface area contributed by atoms with Crippen LogP contribution in [0.2, 0.25) is 0 Å². The van der Waals surface area contributed by atoms with Gasteiger partial charge in [0, 0.05) is 25.1 Å². The SMILES string of the molecule is Cc1cc(N)c2c(c1C1=CCN(C(=O)OC(C)(C)C)CC1)CCO2. The number of rotatable bonds is 1. The van der Waals surface area contributed by atoms with Gasteiger partial charge in [-0.2, -0.15) is 0 Å². The van der Waals surface area contributed by atoms with Crippen molar-refractivity contribution >= 4 is 17.4 Å². The molecule has 24 heavy (non-hydrogen) atoms. The van der Waals surface area contributed by atoms with Crippen LogP contribution in [0.15, 0.2) is 12.1 Å². The predicted octanol–water partition coefficient (Wildman–Crippen LogP) is 3.54. The topological polar surface area (TPSA) is 64.8 Å². The Morgan fingerprint density at radius 1 is 1.33 bits per heavy atom. The maximum atomic E-state index is 12.2. The maximum absolute atomic E-state index is 12.2. The Hall–Kier alpha value is -2.17. The number of hydrogen-bond acceptors (Lipinski definition) is 4. The fraction of sp³-hybridized carbons (Fsp3) is 0.526. The van der Waals surface area contributed by atoms with E-state index in [2.05, 4.69) is 13.0 Å². The molecule has 2 aliphatic rings. The highest BCUT2D eigenvalue weighted by molar-refractivity contribution is 5.79. The summed E-state index contributed by atoms with van der Waals surface area (Å²) in [5.41, 5.74) is 11.2. The van der Waals surface area contributed by atoms with Crippen LogP contribution in [0.5, 0.6) is 5.75 Å². The van der Waals surface area contributed by atoms with E-state index in [1.54, 1.807) is 4.90 Å². The Bertz CT molecular complexity index is 702. The van der Waals surface area contributed by atoms with Crippen molar-refractivity contribution in [2.75, 3.05) is 25.4 Å². The fourth-order valence-electron chi connectivity index (χ4n) is 3.40. The molecule has 130 valence electrons. The van der Waals surface area contributed by atoms with Gasteiger partial charge < -0.3 is 20.1 Å². The molecule has 0 saturated carbocycles. The molecule has 0 spiro atoms. The Morgan fingerprint density at radius 2 is 2.08 bits per heavy atom. The van der Waals surface area contributed by atoms with Crippen LogP contribution in [0, 0.1) is 6.92 Å². The minimum atomic E-state index is -0.465. The molecule has 0 aliphatic carbocycles. The molecule has 5 nitrogen and oxygen atoms in total. The maximum Gasteiger partial charge on any atom is 0.410 e. The molecule has 0 fully saturated rings. The van der Waals surface area contributed by atoms with Gasteiger partial charge in [0.15, 0.2) is 0 Å². The van der Waals surface area contributed by atoms with E-state index in [1.807, 2.05) is 26.8 Å². The monoisotopic (exact) mass is 330 g/mol. The van der Waals surface area contributed by atoms with Crippen molar-refractivity contribution < 1.29 is 14.3 Å². The summed E-state index contributed by atoms with van der Waals surface area (Å²) in [7, 11) is 0. The Kier molecular flexibility index (Phi) is 4.20. The average Bonchev–Trinajstić information content (AvgIpc) is 2.95. The minimum Gasteiger partial charge on any atom is -0.491 e. The lowest BCUT2D eigenvalue weighted by atomic mass is 9.89. The Labute approximate surface area is 143 Å². The molecule has 0 aromatic heterocycles. The van der Waals surface area contributed by atoms with E-state index in [0.717, 1.165) is 24.3 Å². The second-order valence-electron chi connectivity index (χ2n) is 7.47. The van der Waals surface area contributed by atoms with Crippen molar-refractivity contribution in [2.24, 2.45) is 0 Å². The van der Waals surface area contributed by atoms with Crippen LogP contribution in [0.1, 0.15) is 43.9 Å². The number of anilines is 1. The number of hydrogen-bond donors (Lipinski definition) is 1. The highest BCUT2D eigenvalue weighted by atomic mass is 16.6. The Balaban J connectivity index is 1.82. The first-order valence-electron chi connectivity index (χ1n) is 8.48. The third-order valence-corrected chi connectivity index (χ3v) is 4.38. The molecule has 1 aromatic carbocycles. The lowest BCUT2D eigenvalue weighted by Gasteiger charge is -2.30. The summed E-state index contributed by atoms with van der Waals surface area (Å²) in [6.07, 6.45) is 3.59. The third kappa shape index (κ3) is 3.21. The number of nitrogen functional groups attached to an aromatic ring is 1. The van der Waals surface area contributed by atoms with Gasteiger partial charge in [0.2, 0.25) is 0 Å². The first-order valence-corrected chi connectivity index (χ1v) is 8.48. The number of carbonyl (C=O) groups is 1. The molecule has 1 aromatic rings. The zero-order valence-corrected chi connectivity index (χ0v) is 14.9. The average molecular weight is 330 g/mol. The highest BCUT2D eigenvalue weighted by Gasteiger charge is 2.27. The predicted molar refractivity (Wildman–Crippen MR) is 95.2 cm³/mol. The van der Waals surface area contributed by atoms with Gasteiger partial charge in [0.25, 0.3) is 0 Å². The van der Waals surface area contributed by atoms with Crippen LogP contribution in [0.4, 0.5) is 10.5 Å². The molecule has 0 atom stereocenters. The summed E-state index contributed by atoms with van der Waals surface area (Å²) >= 11 is 0. The molecule has 2 heterocycles. The number of aryl methyl sites for hydroxylation is 1. The van der Waals surface area contributed by atoms with Gasteiger partial charge >= 0.3 is 6.09 Å². The molecule has 2 aliphatic heterocycles. The van der Waals surface area contributed by atoms with E-state index in [4.69, 9.17) is 15.2 Å². The van der Waals surface area contributed by atoms with Crippen molar-refractivity contribution in [2.45, 2.75) is 46.1 Å². The molecular weight excluding hydrogens is 304 g/mol. The van der Waals surface area contributed by atoms with Crippen molar-refractivity contribution in [1.29, 1.82) is 0 Å². The number of ether oxygens (including phenoxy) is 2. The largest absolute Gasteiger partial charge is 0.491 e. The van der Waals surface area contributed by atoms with E-state index in [-0.39, 0.29) is 6.09 Å². The summed E-state index contributed by atoms with van der Waals surface area (Å²) in [5, 5.41) is 0. The van der Waals surface area contributed by atoms with Crippen molar-refractivity contribution in [3.8, 4) is 5.75 Å². The zero-order valence-electron chi connectivity index (χ0n) is 14.9. The van der Waals surface area contributed by atoms with Gasteiger partial charge in [-0.3, -0.25) is 0 Å². The molecule has 2 N–H and O–H groups in total. The first-order chi connectivity index (χ1) is 11.3. The van der Waals surface area contributed by atoms with Crippen molar-refractivity contribution in [3.05, 3.63) is 28.8 Å². The molecule has 0 saturated heterocycles. The number of fused-ring (bicyclic) bond motifs is 1. The first kappa shape index (κ1) is 16.7. The number of nitrogens with two attached hydrogens (primary N) is 1. The third-order valence-electron chi connectivity index (χ3n) is 4.38. The van der Waals surface area contributed by atoms with Gasteiger partial charge in [0.05, 0.1) is 12.3 Å². The van der Waals surface area contributed by atoms with Crippen LogP contribution >= 0.6 is 0 Å². The van der Waals surface area contributed by atoms with Gasteiger partial charge in [-0.15, -0.1) is 0 Å². The summed E-state index contributed by atoms with van der Waals surface area (Å²) in [5.74, 6) is 0.839. The molecule has 3 rings (SSSR count). The summed E-state index contributed by atoms with van der Waals surface area (Å²) in [6.45, 7) is 9.67. The van der Waals surface area contributed by atoms with Crippen molar-refractivity contribution in [3.63, 3.8) is 0 Å². The second-order valence-corrected chi connectivity index (χ2v) is 7.47. The van der Waals surface area contributed by atoms with Gasteiger partial charge in [-0.25, -0.2) is 4.79 Å². The molecule has 0 unspecified atom stereocenters. The molecule has 5 heteroatoms. The standard InChI is InChI=1S/C19H26N2O3/c1-12-11-15(20)17-14(7-10-23-17)16(12)13-5-8-21(9-6-13)18(22)24-19(2,3)4/h5,11H,6-10,20H2,1-4H3. The van der Waals surface area contributed by atoms with Crippen LogP contribution in [0.3, 0.4) is 0 Å². The number of nitrogens with zero attached hydrogens (tertiary/aromatic N) is 1. The van der Waals surface area contributed by atoms with Crippen LogP contribution in [0.25, 0.3) is 5.57 Å². The lowest BCUT2D eigenvalue weighted by Crippen LogP contribution is -2.39. The fourth-order valence-corrected chi connectivity index (χ4v) is 3.40. The smallest absolute Gasteiger partial charge is 0.410 e. The van der Waals surface area contributed by atoms with Crippen molar-refractivity contribution in [1.82, 2.24) is 4.90 Å². The van der Waals surface area contributed by atoms with Crippen LogP contribution in [-0.2, 0) is 11.2 Å². The molecule has 0 radical (unpaired) electrons. The number of amides is 1. The molecular formula is C19H26N2O3. The normalized spacial score (nSPS) is 17.2. The lowest BCUT2D eigenvalue weighted by molar-refractivity contribution is 0.0270. The van der Waals surface area contributed by atoms with E-state index >= 15 is 0 Å². The quantitative estimate of drug-likeness (QED) is 0.800. The molecule has 1 amide bonds. The van der Waals surface area contributed by atoms with E-state index in [0.29, 0.717) is 19.7 Å². The summed E-state index contributed by atoms with van der Waals surface area (Å²) < 4.78 is 11.1. The summed E-state index contributed by atoms with van der Waals surface area (Å²) in [4.78, 5) is 13.9. The van der Waals surface area contributed by atoms with Gasteiger partial charge in [-0.05, 0) is 56.9 Å². The van der Waals surface area contributed by atoms with E-state index in [1.165, 1.54) is 22.3 Å². The van der Waals surface area contributed by atoms with Crippen LogP contribution < -0.4 is 10.5 Å².